The van der Waals surface area contributed by atoms with E-state index in [1.807, 2.05) is 0 Å². The van der Waals surface area contributed by atoms with Crippen LogP contribution in [0.5, 0.6) is 5.75 Å². The van der Waals surface area contributed by atoms with Gasteiger partial charge in [0.1, 0.15) is 5.75 Å². The minimum atomic E-state index is 0.991. The van der Waals surface area contributed by atoms with Crippen LogP contribution < -0.4 is 4.74 Å². The molecule has 20 heavy (non-hydrogen) atoms. The van der Waals surface area contributed by atoms with Crippen molar-refractivity contribution in [3.05, 3.63) is 52.7 Å². The van der Waals surface area contributed by atoms with Crippen LogP contribution in [0.2, 0.25) is 0 Å². The predicted molar refractivity (Wildman–Crippen MR) is 82.6 cm³/mol. The summed E-state index contributed by atoms with van der Waals surface area (Å²) >= 11 is 0. The number of H-pyrrole nitrogens is 1. The zero-order chi connectivity index (χ0) is 13.9. The number of aromatic nitrogens is 1. The molecule has 0 unspecified atom stereocenters. The van der Waals surface area contributed by atoms with Gasteiger partial charge in [-0.1, -0.05) is 24.3 Å². The summed E-state index contributed by atoms with van der Waals surface area (Å²) in [6, 6.07) is 10.8. The smallest absolute Gasteiger partial charge is 0.125 e. The minimum Gasteiger partial charge on any atom is -0.496 e. The zero-order valence-electron chi connectivity index (χ0n) is 12.0. The van der Waals surface area contributed by atoms with Crippen LogP contribution in [0.1, 0.15) is 22.4 Å². The second-order valence-corrected chi connectivity index (χ2v) is 5.59. The molecule has 3 aromatic rings. The Bertz CT molecular complexity index is 842. The van der Waals surface area contributed by atoms with Gasteiger partial charge in [-0.2, -0.15) is 0 Å². The maximum Gasteiger partial charge on any atom is 0.125 e. The van der Waals surface area contributed by atoms with Gasteiger partial charge in [0, 0.05) is 28.6 Å². The molecule has 0 bridgehead atoms. The van der Waals surface area contributed by atoms with E-state index in [9.17, 15) is 0 Å². The topological polar surface area (TPSA) is 25.0 Å². The lowest BCUT2D eigenvalue weighted by Crippen LogP contribution is -1.95. The Kier molecular flexibility index (Phi) is 2.25. The summed E-state index contributed by atoms with van der Waals surface area (Å²) in [4.78, 5) is 3.57. The lowest BCUT2D eigenvalue weighted by molar-refractivity contribution is 0.408. The average molecular weight is 263 g/mol. The number of aryl methyl sites for hydroxylation is 1. The Morgan fingerprint density at radius 1 is 1.10 bits per heavy atom. The second-order valence-electron chi connectivity index (χ2n) is 5.59. The van der Waals surface area contributed by atoms with E-state index in [-0.39, 0.29) is 0 Å². The monoisotopic (exact) mass is 263 g/mol. The van der Waals surface area contributed by atoms with E-state index < -0.39 is 0 Å². The number of hydrogen-bond acceptors (Lipinski definition) is 1. The van der Waals surface area contributed by atoms with E-state index in [2.05, 4.69) is 49.2 Å². The molecular formula is C18H17NO. The molecule has 0 amide bonds. The molecule has 0 saturated carbocycles. The summed E-state index contributed by atoms with van der Waals surface area (Å²) in [5, 5.41) is 1.32. The highest BCUT2D eigenvalue weighted by Gasteiger charge is 2.26. The van der Waals surface area contributed by atoms with Crippen molar-refractivity contribution in [2.45, 2.75) is 20.3 Å². The summed E-state index contributed by atoms with van der Waals surface area (Å²) in [5.74, 6) is 1.02. The number of ether oxygens (including phenoxy) is 1. The van der Waals surface area contributed by atoms with E-state index in [1.54, 1.807) is 7.11 Å². The molecule has 0 atom stereocenters. The van der Waals surface area contributed by atoms with Crippen molar-refractivity contribution in [3.63, 3.8) is 0 Å². The molecule has 4 rings (SSSR count). The second kappa shape index (κ2) is 3.89. The van der Waals surface area contributed by atoms with Gasteiger partial charge in [0.05, 0.1) is 7.11 Å². The molecule has 0 fully saturated rings. The van der Waals surface area contributed by atoms with Crippen LogP contribution in [-0.2, 0) is 6.42 Å². The van der Waals surface area contributed by atoms with E-state index >= 15 is 0 Å². The fourth-order valence-electron chi connectivity index (χ4n) is 3.66. The molecule has 1 aromatic heterocycles. The normalized spacial score (nSPS) is 12.6. The Morgan fingerprint density at radius 2 is 1.90 bits per heavy atom. The molecule has 0 saturated heterocycles. The van der Waals surface area contributed by atoms with Crippen LogP contribution in [0.4, 0.5) is 0 Å². The third-order valence-electron chi connectivity index (χ3n) is 4.39. The highest BCUT2D eigenvalue weighted by molar-refractivity contribution is 6.01. The van der Waals surface area contributed by atoms with Crippen molar-refractivity contribution in [2.24, 2.45) is 0 Å². The number of nitrogens with one attached hydrogen (secondary N) is 1. The standard InChI is InChI=1S/C18H17NO/c1-10-8-12-9-15-17(16(12)11(2)18(10)20-3)13-6-4-5-7-14(13)19-15/h4-8,19H,9H2,1-3H3. The molecule has 2 nitrogen and oxygen atoms in total. The summed E-state index contributed by atoms with van der Waals surface area (Å²) < 4.78 is 5.59. The Labute approximate surface area is 118 Å². The first-order valence-corrected chi connectivity index (χ1v) is 6.97. The van der Waals surface area contributed by atoms with Gasteiger partial charge in [-0.3, -0.25) is 0 Å². The number of rotatable bonds is 1. The fraction of sp³-hybridized carbons (Fsp3) is 0.222. The molecular weight excluding hydrogens is 246 g/mol. The SMILES string of the molecule is COc1c(C)cc2c(c1C)-c1c([nH]c3ccccc13)C2. The first kappa shape index (κ1) is 11.6. The first-order valence-electron chi connectivity index (χ1n) is 6.97. The third-order valence-corrected chi connectivity index (χ3v) is 4.39. The fourth-order valence-corrected chi connectivity index (χ4v) is 3.66. The number of hydrogen-bond donors (Lipinski definition) is 1. The van der Waals surface area contributed by atoms with Crippen molar-refractivity contribution in [3.8, 4) is 16.9 Å². The Morgan fingerprint density at radius 3 is 2.70 bits per heavy atom. The van der Waals surface area contributed by atoms with Gasteiger partial charge in [-0.15, -0.1) is 0 Å². The molecule has 100 valence electrons. The number of fused-ring (bicyclic) bond motifs is 5. The molecule has 1 heterocycles. The van der Waals surface area contributed by atoms with Crippen LogP contribution in [0, 0.1) is 13.8 Å². The molecule has 0 radical (unpaired) electrons. The summed E-state index contributed by atoms with van der Waals surface area (Å²) in [7, 11) is 1.76. The molecule has 1 aliphatic rings. The van der Waals surface area contributed by atoms with Crippen molar-refractivity contribution in [2.75, 3.05) is 7.11 Å². The number of para-hydroxylation sites is 1. The highest BCUT2D eigenvalue weighted by Crippen LogP contribution is 2.46. The van der Waals surface area contributed by atoms with Crippen molar-refractivity contribution < 1.29 is 4.74 Å². The molecule has 2 aromatic carbocycles. The van der Waals surface area contributed by atoms with Crippen LogP contribution in [0.15, 0.2) is 30.3 Å². The minimum absolute atomic E-state index is 0.991. The maximum absolute atomic E-state index is 5.59. The van der Waals surface area contributed by atoms with Crippen LogP contribution in [0.3, 0.4) is 0 Å². The average Bonchev–Trinajstić information content (AvgIpc) is 2.94. The van der Waals surface area contributed by atoms with E-state index in [0.29, 0.717) is 0 Å². The molecule has 0 aliphatic heterocycles. The third kappa shape index (κ3) is 1.34. The van der Waals surface area contributed by atoms with Gasteiger partial charge in [0.15, 0.2) is 0 Å². The van der Waals surface area contributed by atoms with Gasteiger partial charge in [-0.05, 0) is 42.2 Å². The molecule has 0 spiro atoms. The van der Waals surface area contributed by atoms with Gasteiger partial charge in [0.25, 0.3) is 0 Å². The molecule has 1 N–H and O–H groups in total. The maximum atomic E-state index is 5.59. The van der Waals surface area contributed by atoms with Gasteiger partial charge < -0.3 is 9.72 Å². The van der Waals surface area contributed by atoms with Crippen molar-refractivity contribution >= 4 is 10.9 Å². The highest BCUT2D eigenvalue weighted by atomic mass is 16.5. The van der Waals surface area contributed by atoms with Gasteiger partial charge in [0.2, 0.25) is 0 Å². The quantitative estimate of drug-likeness (QED) is 0.542. The van der Waals surface area contributed by atoms with E-state index in [1.165, 1.54) is 44.4 Å². The van der Waals surface area contributed by atoms with Crippen LogP contribution in [0.25, 0.3) is 22.0 Å². The summed E-state index contributed by atoms with van der Waals surface area (Å²) in [6.07, 6.45) is 0.991. The molecule has 2 heteroatoms. The Balaban J connectivity index is 2.11. The lowest BCUT2D eigenvalue weighted by Gasteiger charge is -2.14. The van der Waals surface area contributed by atoms with Crippen molar-refractivity contribution in [1.82, 2.24) is 4.98 Å². The lowest BCUT2D eigenvalue weighted by atomic mass is 9.95. The van der Waals surface area contributed by atoms with Crippen molar-refractivity contribution in [1.29, 1.82) is 0 Å². The first-order chi connectivity index (χ1) is 9.70. The molecule has 1 aliphatic carbocycles. The Hall–Kier alpha value is -2.22. The predicted octanol–water partition coefficient (Wildman–Crippen LogP) is 4.36. The van der Waals surface area contributed by atoms with Gasteiger partial charge in [-0.25, -0.2) is 0 Å². The van der Waals surface area contributed by atoms with Crippen LogP contribution >= 0.6 is 0 Å². The zero-order valence-corrected chi connectivity index (χ0v) is 12.0. The number of aromatic amines is 1. The summed E-state index contributed by atoms with van der Waals surface area (Å²) in [6.45, 7) is 4.29. The number of benzene rings is 2. The number of methoxy groups -OCH3 is 1. The van der Waals surface area contributed by atoms with Gasteiger partial charge >= 0.3 is 0 Å². The van der Waals surface area contributed by atoms with Crippen LogP contribution in [-0.4, -0.2) is 12.1 Å². The summed E-state index contributed by atoms with van der Waals surface area (Å²) in [5.41, 5.74) is 9.17. The van der Waals surface area contributed by atoms with E-state index in [0.717, 1.165) is 12.2 Å². The van der Waals surface area contributed by atoms with E-state index in [4.69, 9.17) is 4.74 Å². The largest absolute Gasteiger partial charge is 0.496 e.